The lowest BCUT2D eigenvalue weighted by atomic mass is 10.1. The van der Waals surface area contributed by atoms with Crippen molar-refractivity contribution in [2.75, 3.05) is 14.2 Å². The van der Waals surface area contributed by atoms with Gasteiger partial charge in [0.15, 0.2) is 0 Å². The topological polar surface area (TPSA) is 79.1 Å². The summed E-state index contributed by atoms with van der Waals surface area (Å²) < 4.78 is 17.1. The smallest absolute Gasteiger partial charge is 0.338 e. The van der Waals surface area contributed by atoms with E-state index in [2.05, 4.69) is 4.98 Å². The Kier molecular flexibility index (Phi) is 5.32. The third-order valence-corrected chi connectivity index (χ3v) is 4.24. The van der Waals surface area contributed by atoms with Crippen molar-refractivity contribution in [3.8, 4) is 11.5 Å². The molecule has 0 N–H and O–H groups in total. The number of halogens is 1. The number of hydrogen-bond donors (Lipinski definition) is 0. The van der Waals surface area contributed by atoms with E-state index in [1.54, 1.807) is 24.3 Å². The highest BCUT2D eigenvalue weighted by Gasteiger charge is 2.15. The van der Waals surface area contributed by atoms with Crippen molar-refractivity contribution in [3.63, 3.8) is 0 Å². The summed E-state index contributed by atoms with van der Waals surface area (Å²) in [6, 6.07) is 7.69. The number of aromatic nitrogens is 2. The second-order valence-corrected chi connectivity index (χ2v) is 6.18. The number of pyridine rings is 1. The highest BCUT2D eigenvalue weighted by atomic mass is 35.5. The molecule has 3 aromatic rings. The van der Waals surface area contributed by atoms with Crippen molar-refractivity contribution in [1.29, 1.82) is 0 Å². The highest BCUT2D eigenvalue weighted by Crippen LogP contribution is 2.29. The van der Waals surface area contributed by atoms with E-state index in [9.17, 15) is 9.59 Å². The van der Waals surface area contributed by atoms with Crippen molar-refractivity contribution in [2.45, 2.75) is 13.5 Å². The fourth-order valence-corrected chi connectivity index (χ4v) is 2.79. The molecule has 8 heteroatoms. The first-order valence-corrected chi connectivity index (χ1v) is 8.38. The van der Waals surface area contributed by atoms with Crippen LogP contribution in [0, 0.1) is 6.92 Å². The van der Waals surface area contributed by atoms with Gasteiger partial charge in [0, 0.05) is 17.8 Å². The van der Waals surface area contributed by atoms with E-state index in [-0.39, 0.29) is 17.7 Å². The Hall–Kier alpha value is -3.06. The van der Waals surface area contributed by atoms with Gasteiger partial charge in [-0.1, -0.05) is 11.6 Å². The second-order valence-electron chi connectivity index (χ2n) is 5.74. The van der Waals surface area contributed by atoms with Gasteiger partial charge in [0.2, 0.25) is 0 Å². The summed E-state index contributed by atoms with van der Waals surface area (Å²) in [6.45, 7) is 1.68. The molecule has 0 unspecified atom stereocenters. The Morgan fingerprint density at radius 1 is 1.15 bits per heavy atom. The average molecular weight is 389 g/mol. The number of fused-ring (bicyclic) bond motifs is 1. The van der Waals surface area contributed by atoms with Crippen LogP contribution >= 0.6 is 11.6 Å². The summed E-state index contributed by atoms with van der Waals surface area (Å²) in [5.41, 5.74) is 1.49. The Labute approximate surface area is 160 Å². The van der Waals surface area contributed by atoms with Crippen LogP contribution in [0.5, 0.6) is 11.5 Å². The molecule has 0 saturated heterocycles. The first-order valence-electron chi connectivity index (χ1n) is 8.00. The number of nitrogens with zero attached hydrogens (tertiary/aromatic N) is 2. The second kappa shape index (κ2) is 7.67. The maximum absolute atomic E-state index is 12.4. The van der Waals surface area contributed by atoms with Gasteiger partial charge in [-0.25, -0.2) is 9.78 Å². The predicted octanol–water partition coefficient (Wildman–Crippen LogP) is 3.03. The van der Waals surface area contributed by atoms with Crippen LogP contribution in [0.2, 0.25) is 5.02 Å². The molecule has 0 radical (unpaired) electrons. The normalized spacial score (nSPS) is 10.7. The number of esters is 1. The molecule has 0 atom stereocenters. The standard InChI is InChI=1S/C19H17ClN2O5/c1-11-15(25-2)6-12(7-16(11)26-3)19(24)27-10-14-8-18(23)22-9-13(20)4-5-17(22)21-14/h4-9H,10H2,1-3H3. The zero-order valence-electron chi connectivity index (χ0n) is 15.0. The van der Waals surface area contributed by atoms with Crippen molar-refractivity contribution in [3.05, 3.63) is 68.7 Å². The summed E-state index contributed by atoms with van der Waals surface area (Å²) in [7, 11) is 3.02. The van der Waals surface area contributed by atoms with Crippen LogP contribution in [0.25, 0.3) is 5.65 Å². The zero-order valence-corrected chi connectivity index (χ0v) is 15.7. The molecule has 0 aliphatic heterocycles. The summed E-state index contributed by atoms with van der Waals surface area (Å²) in [6.07, 6.45) is 1.48. The lowest BCUT2D eigenvalue weighted by Crippen LogP contribution is -2.16. The van der Waals surface area contributed by atoms with Gasteiger partial charge in [-0.2, -0.15) is 0 Å². The largest absolute Gasteiger partial charge is 0.496 e. The molecule has 0 amide bonds. The van der Waals surface area contributed by atoms with Gasteiger partial charge in [-0.05, 0) is 31.2 Å². The lowest BCUT2D eigenvalue weighted by molar-refractivity contribution is 0.0467. The van der Waals surface area contributed by atoms with E-state index in [0.717, 1.165) is 5.56 Å². The van der Waals surface area contributed by atoms with E-state index in [0.29, 0.717) is 27.9 Å². The quantitative estimate of drug-likeness (QED) is 0.625. The van der Waals surface area contributed by atoms with Crippen LogP contribution in [-0.4, -0.2) is 29.6 Å². The van der Waals surface area contributed by atoms with Crippen LogP contribution in [0.4, 0.5) is 0 Å². The zero-order chi connectivity index (χ0) is 19.6. The van der Waals surface area contributed by atoms with E-state index < -0.39 is 5.97 Å². The molecule has 0 spiro atoms. The molecule has 1 aromatic carbocycles. The summed E-state index contributed by atoms with van der Waals surface area (Å²) in [5, 5.41) is 0.424. The van der Waals surface area contributed by atoms with Crippen molar-refractivity contribution < 1.29 is 19.0 Å². The van der Waals surface area contributed by atoms with Gasteiger partial charge in [0.05, 0.1) is 30.5 Å². The van der Waals surface area contributed by atoms with Crippen molar-refractivity contribution >= 4 is 23.2 Å². The summed E-state index contributed by atoms with van der Waals surface area (Å²) in [4.78, 5) is 28.9. The minimum Gasteiger partial charge on any atom is -0.496 e. The van der Waals surface area contributed by atoms with E-state index >= 15 is 0 Å². The molecular formula is C19H17ClN2O5. The molecule has 0 aliphatic carbocycles. The molecular weight excluding hydrogens is 372 g/mol. The SMILES string of the molecule is COc1cc(C(=O)OCc2cc(=O)n3cc(Cl)ccc3n2)cc(OC)c1C. The molecule has 0 saturated carbocycles. The van der Waals surface area contributed by atoms with Crippen LogP contribution in [0.3, 0.4) is 0 Å². The Morgan fingerprint density at radius 2 is 1.81 bits per heavy atom. The number of hydrogen-bond acceptors (Lipinski definition) is 6. The fourth-order valence-electron chi connectivity index (χ4n) is 2.63. The number of methoxy groups -OCH3 is 2. The van der Waals surface area contributed by atoms with Crippen molar-refractivity contribution in [2.24, 2.45) is 0 Å². The van der Waals surface area contributed by atoms with Crippen LogP contribution < -0.4 is 15.0 Å². The summed E-state index contributed by atoms with van der Waals surface area (Å²) >= 11 is 5.88. The van der Waals surface area contributed by atoms with E-state index in [4.69, 9.17) is 25.8 Å². The third-order valence-electron chi connectivity index (χ3n) is 4.02. The average Bonchev–Trinajstić information content (AvgIpc) is 2.66. The first kappa shape index (κ1) is 18.7. The van der Waals surface area contributed by atoms with Gasteiger partial charge >= 0.3 is 5.97 Å². The highest BCUT2D eigenvalue weighted by molar-refractivity contribution is 6.30. The van der Waals surface area contributed by atoms with Crippen LogP contribution in [0.15, 0.2) is 41.3 Å². The fraction of sp³-hybridized carbons (Fsp3) is 0.211. The number of carbonyl (C=O) groups excluding carboxylic acids is 1. The molecule has 27 heavy (non-hydrogen) atoms. The van der Waals surface area contributed by atoms with Crippen LogP contribution in [-0.2, 0) is 11.3 Å². The Balaban J connectivity index is 1.83. The molecule has 0 bridgehead atoms. The van der Waals surface area contributed by atoms with Gasteiger partial charge < -0.3 is 14.2 Å². The first-order chi connectivity index (χ1) is 12.9. The summed E-state index contributed by atoms with van der Waals surface area (Å²) in [5.74, 6) is 0.449. The molecule has 7 nitrogen and oxygen atoms in total. The van der Waals surface area contributed by atoms with Gasteiger partial charge in [-0.3, -0.25) is 9.20 Å². The van der Waals surface area contributed by atoms with E-state index in [1.165, 1.54) is 30.9 Å². The predicted molar refractivity (Wildman–Crippen MR) is 99.9 cm³/mol. The minimum absolute atomic E-state index is 0.147. The molecule has 0 fully saturated rings. The van der Waals surface area contributed by atoms with Gasteiger partial charge in [0.25, 0.3) is 5.56 Å². The number of rotatable bonds is 5. The van der Waals surface area contributed by atoms with Crippen molar-refractivity contribution in [1.82, 2.24) is 9.38 Å². The number of benzene rings is 1. The maximum Gasteiger partial charge on any atom is 0.338 e. The molecule has 140 valence electrons. The Bertz CT molecular complexity index is 1050. The van der Waals surface area contributed by atoms with Crippen LogP contribution in [0.1, 0.15) is 21.6 Å². The number of carbonyl (C=O) groups is 1. The maximum atomic E-state index is 12.4. The molecule has 0 aliphatic rings. The van der Waals surface area contributed by atoms with Gasteiger partial charge in [0.1, 0.15) is 23.8 Å². The molecule has 2 aromatic heterocycles. The molecule has 2 heterocycles. The van der Waals surface area contributed by atoms with Gasteiger partial charge in [-0.15, -0.1) is 0 Å². The third kappa shape index (κ3) is 3.88. The Morgan fingerprint density at radius 3 is 2.44 bits per heavy atom. The minimum atomic E-state index is -0.579. The number of ether oxygens (including phenoxy) is 3. The lowest BCUT2D eigenvalue weighted by Gasteiger charge is -2.12. The monoisotopic (exact) mass is 388 g/mol. The molecule has 3 rings (SSSR count). The van der Waals surface area contributed by atoms with E-state index in [1.807, 2.05) is 6.92 Å².